The summed E-state index contributed by atoms with van der Waals surface area (Å²) in [5.41, 5.74) is 2.34. The maximum Gasteiger partial charge on any atom is 0.121 e. The number of aryl methyl sites for hydroxylation is 1. The Balaban J connectivity index is 3.04. The van der Waals surface area contributed by atoms with E-state index in [2.05, 4.69) is 0 Å². The van der Waals surface area contributed by atoms with Gasteiger partial charge in [-0.05, 0) is 25.0 Å². The Kier molecular flexibility index (Phi) is 1.81. The van der Waals surface area contributed by atoms with Crippen molar-refractivity contribution in [3.8, 4) is 0 Å². The highest BCUT2D eigenvalue weighted by atomic mass is 35.5. The van der Waals surface area contributed by atoms with Crippen LogP contribution in [0.2, 0.25) is 0 Å². The molecule has 2 heteroatoms. The van der Waals surface area contributed by atoms with E-state index >= 15 is 0 Å². The van der Waals surface area contributed by atoms with E-state index in [9.17, 15) is 0 Å². The van der Waals surface area contributed by atoms with Gasteiger partial charge in [-0.3, -0.25) is 0 Å². The minimum Gasteiger partial charge on any atom is -0.468 e. The van der Waals surface area contributed by atoms with E-state index in [1.54, 1.807) is 6.26 Å². The second-order valence-corrected chi connectivity index (χ2v) is 2.37. The van der Waals surface area contributed by atoms with Crippen molar-refractivity contribution in [2.75, 3.05) is 0 Å². The van der Waals surface area contributed by atoms with Crippen molar-refractivity contribution in [2.24, 2.45) is 0 Å². The normalized spacial score (nSPS) is 10.1. The second kappa shape index (κ2) is 2.44. The number of rotatable bonds is 1. The SMILES string of the molecule is Cc1coc(CCl)c1C. The molecule has 1 heterocycles. The second-order valence-electron chi connectivity index (χ2n) is 2.10. The fourth-order valence-electron chi connectivity index (χ4n) is 0.688. The van der Waals surface area contributed by atoms with Gasteiger partial charge in [0.05, 0.1) is 12.1 Å². The van der Waals surface area contributed by atoms with Crippen LogP contribution in [0.5, 0.6) is 0 Å². The molecule has 0 spiro atoms. The zero-order chi connectivity index (χ0) is 6.85. The molecule has 0 fully saturated rings. The predicted octanol–water partition coefficient (Wildman–Crippen LogP) is 2.64. The van der Waals surface area contributed by atoms with Crippen LogP contribution in [-0.4, -0.2) is 0 Å². The van der Waals surface area contributed by atoms with Crippen molar-refractivity contribution in [2.45, 2.75) is 19.7 Å². The van der Waals surface area contributed by atoms with Gasteiger partial charge in [0.1, 0.15) is 5.76 Å². The number of hydrogen-bond donors (Lipinski definition) is 0. The van der Waals surface area contributed by atoms with Crippen LogP contribution in [0.15, 0.2) is 10.7 Å². The van der Waals surface area contributed by atoms with Gasteiger partial charge < -0.3 is 4.42 Å². The van der Waals surface area contributed by atoms with Crippen LogP contribution in [0.1, 0.15) is 16.9 Å². The van der Waals surface area contributed by atoms with E-state index in [4.69, 9.17) is 16.0 Å². The van der Waals surface area contributed by atoms with E-state index < -0.39 is 0 Å². The average molecular weight is 145 g/mol. The van der Waals surface area contributed by atoms with Crippen LogP contribution in [0, 0.1) is 13.8 Å². The number of hydrogen-bond acceptors (Lipinski definition) is 1. The summed E-state index contributed by atoms with van der Waals surface area (Å²) in [5, 5.41) is 0. The lowest BCUT2D eigenvalue weighted by Crippen LogP contribution is -1.76. The van der Waals surface area contributed by atoms with Crippen LogP contribution in [0.3, 0.4) is 0 Å². The summed E-state index contributed by atoms with van der Waals surface area (Å²) in [6.07, 6.45) is 1.73. The van der Waals surface area contributed by atoms with Crippen molar-refractivity contribution in [3.05, 3.63) is 23.2 Å². The maximum atomic E-state index is 5.55. The fourth-order valence-corrected chi connectivity index (χ4v) is 0.951. The molecule has 0 aromatic carbocycles. The van der Waals surface area contributed by atoms with Gasteiger partial charge in [0, 0.05) is 0 Å². The molecule has 0 saturated carbocycles. The molecule has 0 amide bonds. The molecule has 0 N–H and O–H groups in total. The summed E-state index contributed by atoms with van der Waals surface area (Å²) in [4.78, 5) is 0. The first-order valence-electron chi connectivity index (χ1n) is 2.85. The van der Waals surface area contributed by atoms with Gasteiger partial charge in [-0.2, -0.15) is 0 Å². The zero-order valence-electron chi connectivity index (χ0n) is 5.57. The van der Waals surface area contributed by atoms with Gasteiger partial charge in [-0.1, -0.05) is 0 Å². The molecule has 1 nitrogen and oxygen atoms in total. The first-order valence-corrected chi connectivity index (χ1v) is 3.38. The Bertz CT molecular complexity index is 203. The van der Waals surface area contributed by atoms with E-state index in [-0.39, 0.29) is 0 Å². The van der Waals surface area contributed by atoms with Gasteiger partial charge >= 0.3 is 0 Å². The van der Waals surface area contributed by atoms with Gasteiger partial charge in [0.25, 0.3) is 0 Å². The van der Waals surface area contributed by atoms with Crippen molar-refractivity contribution in [3.63, 3.8) is 0 Å². The monoisotopic (exact) mass is 144 g/mol. The molecule has 0 radical (unpaired) electrons. The largest absolute Gasteiger partial charge is 0.468 e. The highest BCUT2D eigenvalue weighted by Crippen LogP contribution is 2.16. The standard InChI is InChI=1S/C7H9ClO/c1-5-4-9-7(3-8)6(5)2/h4H,3H2,1-2H3. The molecule has 1 aromatic heterocycles. The lowest BCUT2D eigenvalue weighted by Gasteiger charge is -1.88. The Morgan fingerprint density at radius 1 is 1.56 bits per heavy atom. The Morgan fingerprint density at radius 3 is 2.44 bits per heavy atom. The average Bonchev–Trinajstić information content (AvgIpc) is 2.15. The van der Waals surface area contributed by atoms with Gasteiger partial charge in [0.15, 0.2) is 0 Å². The molecule has 0 atom stereocenters. The molecule has 0 unspecified atom stereocenters. The highest BCUT2D eigenvalue weighted by Gasteiger charge is 2.02. The molecule has 0 bridgehead atoms. The molecule has 50 valence electrons. The van der Waals surface area contributed by atoms with Crippen molar-refractivity contribution in [1.29, 1.82) is 0 Å². The predicted molar refractivity (Wildman–Crippen MR) is 37.7 cm³/mol. The van der Waals surface area contributed by atoms with Gasteiger partial charge in [0.2, 0.25) is 0 Å². The quantitative estimate of drug-likeness (QED) is 0.553. The lowest BCUT2D eigenvalue weighted by atomic mass is 10.2. The van der Waals surface area contributed by atoms with Crippen LogP contribution in [-0.2, 0) is 5.88 Å². The Hall–Kier alpha value is -0.430. The van der Waals surface area contributed by atoms with Gasteiger partial charge in [-0.15, -0.1) is 11.6 Å². The van der Waals surface area contributed by atoms with E-state index in [1.807, 2.05) is 13.8 Å². The summed E-state index contributed by atoms with van der Waals surface area (Å²) in [6, 6.07) is 0. The van der Waals surface area contributed by atoms with Crippen LogP contribution < -0.4 is 0 Å². The van der Waals surface area contributed by atoms with Crippen molar-refractivity contribution >= 4 is 11.6 Å². The minimum atomic E-state index is 0.472. The molecule has 0 aliphatic rings. The first-order chi connectivity index (χ1) is 4.25. The van der Waals surface area contributed by atoms with Gasteiger partial charge in [-0.25, -0.2) is 0 Å². The number of halogens is 1. The Morgan fingerprint density at radius 2 is 2.22 bits per heavy atom. The van der Waals surface area contributed by atoms with E-state index in [1.165, 1.54) is 11.1 Å². The smallest absolute Gasteiger partial charge is 0.121 e. The molecule has 1 rings (SSSR count). The highest BCUT2D eigenvalue weighted by molar-refractivity contribution is 6.16. The molecule has 0 saturated heterocycles. The maximum absolute atomic E-state index is 5.55. The third kappa shape index (κ3) is 1.11. The molecule has 0 aliphatic heterocycles. The summed E-state index contributed by atoms with van der Waals surface area (Å²) >= 11 is 5.55. The summed E-state index contributed by atoms with van der Waals surface area (Å²) in [5.74, 6) is 1.36. The van der Waals surface area contributed by atoms with Crippen LogP contribution in [0.4, 0.5) is 0 Å². The van der Waals surface area contributed by atoms with Crippen LogP contribution in [0.25, 0.3) is 0 Å². The third-order valence-corrected chi connectivity index (χ3v) is 1.75. The number of alkyl halides is 1. The topological polar surface area (TPSA) is 13.1 Å². The minimum absolute atomic E-state index is 0.472. The van der Waals surface area contributed by atoms with Crippen LogP contribution >= 0.6 is 11.6 Å². The molecule has 9 heavy (non-hydrogen) atoms. The van der Waals surface area contributed by atoms with E-state index in [0.717, 1.165) is 5.76 Å². The lowest BCUT2D eigenvalue weighted by molar-refractivity contribution is 0.525. The third-order valence-electron chi connectivity index (χ3n) is 1.51. The summed E-state index contributed by atoms with van der Waals surface area (Å²) in [7, 11) is 0. The molecular formula is C7H9ClO. The molecule has 0 aliphatic carbocycles. The fraction of sp³-hybridized carbons (Fsp3) is 0.429. The van der Waals surface area contributed by atoms with Crippen molar-refractivity contribution < 1.29 is 4.42 Å². The first kappa shape index (κ1) is 6.69. The molecule has 1 aromatic rings. The zero-order valence-corrected chi connectivity index (χ0v) is 6.33. The summed E-state index contributed by atoms with van der Waals surface area (Å²) < 4.78 is 5.11. The summed E-state index contributed by atoms with van der Waals surface area (Å²) in [6.45, 7) is 4.02. The van der Waals surface area contributed by atoms with E-state index in [0.29, 0.717) is 5.88 Å². The number of furan rings is 1. The molecular weight excluding hydrogens is 136 g/mol. The Labute approximate surface area is 59.6 Å². The van der Waals surface area contributed by atoms with Crippen molar-refractivity contribution in [1.82, 2.24) is 0 Å².